The fourth-order valence-corrected chi connectivity index (χ4v) is 1.80. The maximum absolute atomic E-state index is 6.98. The minimum Gasteiger partial charge on any atom is -0.256 e. The number of hydrogen-bond acceptors (Lipinski definition) is 1. The molecule has 0 aliphatic rings. The van der Waals surface area contributed by atoms with Gasteiger partial charge in [-0.15, -0.1) is 0 Å². The van der Waals surface area contributed by atoms with E-state index in [9.17, 15) is 0 Å². The van der Waals surface area contributed by atoms with Crippen LogP contribution in [0, 0.1) is 6.57 Å². The van der Waals surface area contributed by atoms with Crippen LogP contribution in [0.15, 0.2) is 47.1 Å². The molecule has 0 aliphatic carbocycles. The van der Waals surface area contributed by atoms with Gasteiger partial charge in [0.05, 0.1) is 12.3 Å². The number of benzene rings is 1. The second kappa shape index (κ2) is 4.24. The average molecular weight is 259 g/mol. The van der Waals surface area contributed by atoms with Crippen molar-refractivity contribution in [2.45, 2.75) is 0 Å². The van der Waals surface area contributed by atoms with Crippen molar-refractivity contribution in [2.75, 3.05) is 0 Å². The lowest BCUT2D eigenvalue weighted by atomic mass is 10.1. The Kier molecular flexibility index (Phi) is 2.79. The highest BCUT2D eigenvalue weighted by Crippen LogP contribution is 2.27. The van der Waals surface area contributed by atoms with Crippen LogP contribution in [0.1, 0.15) is 0 Å². The van der Waals surface area contributed by atoms with E-state index in [0.717, 1.165) is 15.7 Å². The van der Waals surface area contributed by atoms with Gasteiger partial charge < -0.3 is 0 Å². The van der Waals surface area contributed by atoms with Crippen LogP contribution in [0.3, 0.4) is 0 Å². The monoisotopic (exact) mass is 258 g/mol. The predicted octanol–water partition coefficient (Wildman–Crippen LogP) is 4.06. The number of rotatable bonds is 1. The molecule has 0 spiro atoms. The van der Waals surface area contributed by atoms with Crippen LogP contribution < -0.4 is 0 Å². The second-order valence-corrected chi connectivity index (χ2v) is 3.94. The standard InChI is InChI=1S/C12H7BrN2/c1-14-11-7-9(6-10(13)8-11)12-4-2-3-5-15-12/h2-8H. The third-order valence-electron chi connectivity index (χ3n) is 1.97. The highest BCUT2D eigenvalue weighted by molar-refractivity contribution is 9.10. The third kappa shape index (κ3) is 2.23. The van der Waals surface area contributed by atoms with Crippen molar-refractivity contribution in [2.24, 2.45) is 0 Å². The molecule has 0 unspecified atom stereocenters. The Morgan fingerprint density at radius 2 is 2.07 bits per heavy atom. The third-order valence-corrected chi connectivity index (χ3v) is 2.43. The number of nitrogens with zero attached hydrogens (tertiary/aromatic N) is 2. The first kappa shape index (κ1) is 9.88. The van der Waals surface area contributed by atoms with Gasteiger partial charge in [0, 0.05) is 10.7 Å². The van der Waals surface area contributed by atoms with E-state index >= 15 is 0 Å². The lowest BCUT2D eigenvalue weighted by Gasteiger charge is -2.01. The molecule has 0 saturated carbocycles. The van der Waals surface area contributed by atoms with E-state index in [0.29, 0.717) is 5.69 Å². The fourth-order valence-electron chi connectivity index (χ4n) is 1.32. The molecule has 72 valence electrons. The molecule has 0 bridgehead atoms. The zero-order chi connectivity index (χ0) is 10.7. The van der Waals surface area contributed by atoms with E-state index < -0.39 is 0 Å². The summed E-state index contributed by atoms with van der Waals surface area (Å²) < 4.78 is 0.900. The quantitative estimate of drug-likeness (QED) is 0.706. The van der Waals surface area contributed by atoms with Gasteiger partial charge in [0.25, 0.3) is 0 Å². The van der Waals surface area contributed by atoms with Crippen molar-refractivity contribution in [3.63, 3.8) is 0 Å². The summed E-state index contributed by atoms with van der Waals surface area (Å²) >= 11 is 3.38. The summed E-state index contributed by atoms with van der Waals surface area (Å²) in [7, 11) is 0. The van der Waals surface area contributed by atoms with Gasteiger partial charge in [-0.25, -0.2) is 4.85 Å². The highest BCUT2D eigenvalue weighted by atomic mass is 79.9. The van der Waals surface area contributed by atoms with Crippen LogP contribution >= 0.6 is 15.9 Å². The Balaban J connectivity index is 2.55. The first-order chi connectivity index (χ1) is 7.29. The minimum atomic E-state index is 0.616. The molecule has 1 aromatic heterocycles. The van der Waals surface area contributed by atoms with Crippen LogP contribution in [0.5, 0.6) is 0 Å². The van der Waals surface area contributed by atoms with E-state index in [-0.39, 0.29) is 0 Å². The Bertz CT molecular complexity index is 515. The molecule has 0 N–H and O–H groups in total. The van der Waals surface area contributed by atoms with Gasteiger partial charge in [0.15, 0.2) is 5.69 Å². The Morgan fingerprint density at radius 1 is 1.20 bits per heavy atom. The summed E-state index contributed by atoms with van der Waals surface area (Å²) in [6, 6.07) is 11.3. The van der Waals surface area contributed by atoms with Gasteiger partial charge in [-0.3, -0.25) is 4.98 Å². The summed E-state index contributed by atoms with van der Waals surface area (Å²) in [6.07, 6.45) is 1.74. The van der Waals surface area contributed by atoms with E-state index in [2.05, 4.69) is 25.8 Å². The van der Waals surface area contributed by atoms with E-state index in [1.54, 1.807) is 12.3 Å². The van der Waals surface area contributed by atoms with Gasteiger partial charge in [0.2, 0.25) is 0 Å². The van der Waals surface area contributed by atoms with Crippen LogP contribution in [-0.4, -0.2) is 4.98 Å². The Labute approximate surface area is 96.5 Å². The maximum atomic E-state index is 6.98. The van der Waals surface area contributed by atoms with Crippen molar-refractivity contribution in [3.8, 4) is 11.3 Å². The van der Waals surface area contributed by atoms with E-state index in [4.69, 9.17) is 6.57 Å². The first-order valence-electron chi connectivity index (χ1n) is 4.39. The molecule has 3 heteroatoms. The predicted molar refractivity (Wildman–Crippen MR) is 63.6 cm³/mol. The Hall–Kier alpha value is -1.66. The fraction of sp³-hybridized carbons (Fsp3) is 0. The topological polar surface area (TPSA) is 17.2 Å². The second-order valence-electron chi connectivity index (χ2n) is 3.02. The van der Waals surface area contributed by atoms with Crippen LogP contribution in [0.2, 0.25) is 0 Å². The number of halogens is 1. The molecule has 15 heavy (non-hydrogen) atoms. The summed E-state index contributed by atoms with van der Waals surface area (Å²) in [5, 5.41) is 0. The molecule has 0 atom stereocenters. The molecular formula is C12H7BrN2. The highest BCUT2D eigenvalue weighted by Gasteiger charge is 2.01. The van der Waals surface area contributed by atoms with Crippen molar-refractivity contribution >= 4 is 21.6 Å². The van der Waals surface area contributed by atoms with E-state index in [1.165, 1.54) is 0 Å². The van der Waals surface area contributed by atoms with E-state index in [1.807, 2.05) is 30.3 Å². The molecule has 0 radical (unpaired) electrons. The molecule has 2 rings (SSSR count). The molecular weight excluding hydrogens is 252 g/mol. The Morgan fingerprint density at radius 3 is 2.73 bits per heavy atom. The summed E-state index contributed by atoms with van der Waals surface area (Å²) in [6.45, 7) is 6.98. The zero-order valence-electron chi connectivity index (χ0n) is 7.81. The summed E-state index contributed by atoms with van der Waals surface area (Å²) in [5.74, 6) is 0. The molecule has 0 amide bonds. The average Bonchev–Trinajstić information content (AvgIpc) is 2.29. The lowest BCUT2D eigenvalue weighted by molar-refractivity contribution is 1.33. The van der Waals surface area contributed by atoms with Crippen molar-refractivity contribution in [1.29, 1.82) is 0 Å². The lowest BCUT2D eigenvalue weighted by Crippen LogP contribution is -1.81. The molecule has 1 heterocycles. The van der Waals surface area contributed by atoms with Crippen molar-refractivity contribution in [1.82, 2.24) is 4.98 Å². The summed E-state index contributed by atoms with van der Waals surface area (Å²) in [4.78, 5) is 7.65. The number of hydrogen-bond donors (Lipinski definition) is 0. The number of aromatic nitrogens is 1. The van der Waals surface area contributed by atoms with Gasteiger partial charge in [-0.1, -0.05) is 22.0 Å². The largest absolute Gasteiger partial charge is 0.256 e. The molecule has 2 nitrogen and oxygen atoms in total. The normalized spacial score (nSPS) is 9.60. The van der Waals surface area contributed by atoms with Gasteiger partial charge in [-0.2, -0.15) is 0 Å². The number of pyridine rings is 1. The SMILES string of the molecule is [C-]#[N+]c1cc(Br)cc(-c2ccccn2)c1. The van der Waals surface area contributed by atoms with Gasteiger partial charge >= 0.3 is 0 Å². The van der Waals surface area contributed by atoms with Crippen LogP contribution in [0.25, 0.3) is 16.1 Å². The molecule has 0 aliphatic heterocycles. The van der Waals surface area contributed by atoms with Crippen LogP contribution in [-0.2, 0) is 0 Å². The molecule has 0 saturated heterocycles. The smallest absolute Gasteiger partial charge is 0.189 e. The summed E-state index contributed by atoms with van der Waals surface area (Å²) in [5.41, 5.74) is 2.45. The molecule has 2 aromatic rings. The molecule has 0 fully saturated rings. The molecule has 1 aromatic carbocycles. The minimum absolute atomic E-state index is 0.616. The van der Waals surface area contributed by atoms with Crippen molar-refractivity contribution < 1.29 is 0 Å². The van der Waals surface area contributed by atoms with Crippen LogP contribution in [0.4, 0.5) is 5.69 Å². The van der Waals surface area contributed by atoms with Crippen molar-refractivity contribution in [3.05, 3.63) is 58.5 Å². The first-order valence-corrected chi connectivity index (χ1v) is 5.18. The zero-order valence-corrected chi connectivity index (χ0v) is 9.40. The van der Waals surface area contributed by atoms with Gasteiger partial charge in [0.1, 0.15) is 0 Å². The maximum Gasteiger partial charge on any atom is 0.189 e. The van der Waals surface area contributed by atoms with Gasteiger partial charge in [-0.05, 0) is 35.9 Å².